The van der Waals surface area contributed by atoms with Crippen LogP contribution in [0.5, 0.6) is 11.5 Å². The number of carbonyl (C=O) groups is 2. The highest BCUT2D eigenvalue weighted by Crippen LogP contribution is 2.30. The Morgan fingerprint density at radius 1 is 0.912 bits per heavy atom. The van der Waals surface area contributed by atoms with Gasteiger partial charge < -0.3 is 19.1 Å². The maximum Gasteiger partial charge on any atom is 0.410 e. The molecule has 3 aromatic carbocycles. The molecule has 0 saturated heterocycles. The number of hydrogen-bond acceptors (Lipinski definition) is 5. The third-order valence-electron chi connectivity index (χ3n) is 5.38. The van der Waals surface area contributed by atoms with Crippen molar-refractivity contribution in [2.24, 2.45) is 0 Å². The summed E-state index contributed by atoms with van der Waals surface area (Å²) in [4.78, 5) is 26.0. The summed E-state index contributed by atoms with van der Waals surface area (Å²) in [6.07, 6.45) is 0.443. The van der Waals surface area contributed by atoms with Crippen LogP contribution in [0.25, 0.3) is 0 Å². The Kier molecular flexibility index (Phi) is 9.10. The van der Waals surface area contributed by atoms with Gasteiger partial charge in [0.1, 0.15) is 11.5 Å². The molecule has 6 nitrogen and oxygen atoms in total. The number of carbonyl (C=O) groups excluding carboxylic acids is 2. The summed E-state index contributed by atoms with van der Waals surface area (Å²) in [6, 6.07) is 22.9. The van der Waals surface area contributed by atoms with Gasteiger partial charge in [-0.25, -0.2) is 4.79 Å². The van der Waals surface area contributed by atoms with E-state index in [4.69, 9.17) is 14.2 Å². The van der Waals surface area contributed by atoms with Crippen molar-refractivity contribution in [2.75, 3.05) is 14.2 Å². The molecule has 7 heteroatoms. The van der Waals surface area contributed by atoms with E-state index in [0.717, 1.165) is 21.2 Å². The number of hydrogen-bond donors (Lipinski definition) is 0. The molecular weight excluding hydrogens is 498 g/mol. The number of rotatable bonds is 9. The highest BCUT2D eigenvalue weighted by molar-refractivity contribution is 9.10. The SMILES string of the molecule is COC(=O)Cc1cccc(Oc2ccc(Br)cc2CN(C(=O)OC)[C@@H](C)Cc2ccccc2)c1. The van der Waals surface area contributed by atoms with Gasteiger partial charge in [0, 0.05) is 16.1 Å². The predicted molar refractivity (Wildman–Crippen MR) is 134 cm³/mol. The average Bonchev–Trinajstić information content (AvgIpc) is 2.84. The van der Waals surface area contributed by atoms with E-state index in [9.17, 15) is 9.59 Å². The summed E-state index contributed by atoms with van der Waals surface area (Å²) >= 11 is 3.52. The van der Waals surface area contributed by atoms with Crippen LogP contribution in [0.4, 0.5) is 4.79 Å². The van der Waals surface area contributed by atoms with Crippen LogP contribution in [0, 0.1) is 0 Å². The largest absolute Gasteiger partial charge is 0.469 e. The molecule has 3 aromatic rings. The number of halogens is 1. The molecule has 0 heterocycles. The van der Waals surface area contributed by atoms with Crippen LogP contribution in [0.3, 0.4) is 0 Å². The van der Waals surface area contributed by atoms with Crippen molar-refractivity contribution in [3.8, 4) is 11.5 Å². The maximum absolute atomic E-state index is 12.7. The normalized spacial score (nSPS) is 11.4. The molecule has 178 valence electrons. The monoisotopic (exact) mass is 525 g/mol. The van der Waals surface area contributed by atoms with Crippen LogP contribution < -0.4 is 4.74 Å². The van der Waals surface area contributed by atoms with Crippen molar-refractivity contribution >= 4 is 28.0 Å². The molecule has 0 saturated carbocycles. The molecule has 0 N–H and O–H groups in total. The Morgan fingerprint density at radius 2 is 1.65 bits per heavy atom. The lowest BCUT2D eigenvalue weighted by atomic mass is 10.1. The first kappa shape index (κ1) is 25.3. The Morgan fingerprint density at radius 3 is 2.35 bits per heavy atom. The molecule has 0 aliphatic heterocycles. The molecule has 0 fully saturated rings. The summed E-state index contributed by atoms with van der Waals surface area (Å²) in [7, 11) is 2.75. The first-order chi connectivity index (χ1) is 16.4. The minimum absolute atomic E-state index is 0.106. The minimum atomic E-state index is -0.408. The molecule has 0 aliphatic carbocycles. The van der Waals surface area contributed by atoms with Gasteiger partial charge in [0.05, 0.1) is 27.2 Å². The number of amides is 1. The van der Waals surface area contributed by atoms with E-state index in [1.54, 1.807) is 11.0 Å². The maximum atomic E-state index is 12.7. The molecule has 0 radical (unpaired) electrons. The molecule has 0 aliphatic rings. The van der Waals surface area contributed by atoms with E-state index in [0.29, 0.717) is 24.5 Å². The lowest BCUT2D eigenvalue weighted by Gasteiger charge is -2.29. The van der Waals surface area contributed by atoms with E-state index in [-0.39, 0.29) is 18.4 Å². The summed E-state index contributed by atoms with van der Waals surface area (Å²) in [5.41, 5.74) is 2.74. The molecule has 0 aromatic heterocycles. The van der Waals surface area contributed by atoms with E-state index in [2.05, 4.69) is 15.9 Å². The molecule has 34 heavy (non-hydrogen) atoms. The smallest absolute Gasteiger partial charge is 0.410 e. The fourth-order valence-corrected chi connectivity index (χ4v) is 4.03. The van der Waals surface area contributed by atoms with Crippen molar-refractivity contribution in [3.63, 3.8) is 0 Å². The molecule has 3 rings (SSSR count). The minimum Gasteiger partial charge on any atom is -0.469 e. The van der Waals surface area contributed by atoms with Crippen LogP contribution in [0.1, 0.15) is 23.6 Å². The van der Waals surface area contributed by atoms with E-state index in [1.807, 2.05) is 73.7 Å². The van der Waals surface area contributed by atoms with E-state index in [1.165, 1.54) is 14.2 Å². The number of benzene rings is 3. The van der Waals surface area contributed by atoms with E-state index >= 15 is 0 Å². The third kappa shape index (κ3) is 7.09. The van der Waals surface area contributed by atoms with Crippen LogP contribution in [-0.2, 0) is 33.7 Å². The van der Waals surface area contributed by atoms with Crippen molar-refractivity contribution in [1.82, 2.24) is 4.90 Å². The average molecular weight is 526 g/mol. The number of ether oxygens (including phenoxy) is 3. The quantitative estimate of drug-likeness (QED) is 0.313. The molecule has 1 amide bonds. The van der Waals surface area contributed by atoms with Gasteiger partial charge in [-0.15, -0.1) is 0 Å². The fraction of sp³-hybridized carbons (Fsp3) is 0.259. The zero-order chi connectivity index (χ0) is 24.5. The highest BCUT2D eigenvalue weighted by Gasteiger charge is 2.23. The molecule has 0 bridgehead atoms. The van der Waals surface area contributed by atoms with E-state index < -0.39 is 6.09 Å². The summed E-state index contributed by atoms with van der Waals surface area (Å²) in [5.74, 6) is 0.883. The van der Waals surface area contributed by atoms with Gasteiger partial charge in [0.25, 0.3) is 0 Å². The third-order valence-corrected chi connectivity index (χ3v) is 5.87. The standard InChI is InChI=1S/C27H28BrNO5/c1-19(14-20-8-5-4-6-9-20)29(27(31)33-3)18-22-17-23(28)12-13-25(22)34-24-11-7-10-21(15-24)16-26(30)32-2/h4-13,15,17,19H,14,16,18H2,1-3H3/t19-/m0/s1. The van der Waals surface area contributed by atoms with Crippen molar-refractivity contribution in [1.29, 1.82) is 0 Å². The Bertz CT molecular complexity index is 1120. The first-order valence-corrected chi connectivity index (χ1v) is 11.7. The van der Waals surface area contributed by atoms with Crippen LogP contribution >= 0.6 is 15.9 Å². The van der Waals surface area contributed by atoms with Gasteiger partial charge in [-0.1, -0.05) is 58.4 Å². The van der Waals surface area contributed by atoms with Gasteiger partial charge in [0.2, 0.25) is 0 Å². The van der Waals surface area contributed by atoms with Crippen LogP contribution in [0.15, 0.2) is 77.3 Å². The van der Waals surface area contributed by atoms with Gasteiger partial charge >= 0.3 is 12.1 Å². The topological polar surface area (TPSA) is 65.1 Å². The van der Waals surface area contributed by atoms with Crippen molar-refractivity contribution in [3.05, 3.63) is 94.0 Å². The Labute approximate surface area is 208 Å². The van der Waals surface area contributed by atoms with Gasteiger partial charge in [-0.3, -0.25) is 4.79 Å². The van der Waals surface area contributed by atoms with Crippen molar-refractivity contribution in [2.45, 2.75) is 32.4 Å². The Balaban J connectivity index is 1.84. The second kappa shape index (κ2) is 12.2. The Hall–Kier alpha value is -3.32. The fourth-order valence-electron chi connectivity index (χ4n) is 3.62. The van der Waals surface area contributed by atoms with Crippen LogP contribution in [0.2, 0.25) is 0 Å². The van der Waals surface area contributed by atoms with Crippen molar-refractivity contribution < 1.29 is 23.8 Å². The lowest BCUT2D eigenvalue weighted by Crippen LogP contribution is -2.39. The highest BCUT2D eigenvalue weighted by atomic mass is 79.9. The second-order valence-electron chi connectivity index (χ2n) is 7.89. The van der Waals surface area contributed by atoms with Gasteiger partial charge in [-0.05, 0) is 54.8 Å². The number of methoxy groups -OCH3 is 2. The summed E-state index contributed by atoms with van der Waals surface area (Å²) in [6.45, 7) is 2.30. The lowest BCUT2D eigenvalue weighted by molar-refractivity contribution is -0.139. The second-order valence-corrected chi connectivity index (χ2v) is 8.81. The molecular formula is C27H28BrNO5. The molecule has 1 atom stereocenters. The number of esters is 1. The summed E-state index contributed by atoms with van der Waals surface area (Å²) in [5, 5.41) is 0. The van der Waals surface area contributed by atoms with Gasteiger partial charge in [-0.2, -0.15) is 0 Å². The summed E-state index contributed by atoms with van der Waals surface area (Å²) < 4.78 is 16.9. The zero-order valence-electron chi connectivity index (χ0n) is 19.5. The zero-order valence-corrected chi connectivity index (χ0v) is 21.1. The number of nitrogens with zero attached hydrogens (tertiary/aromatic N) is 1. The molecule has 0 spiro atoms. The predicted octanol–water partition coefficient (Wildman–Crippen LogP) is 6.16. The first-order valence-electron chi connectivity index (χ1n) is 10.9. The molecule has 0 unspecified atom stereocenters. The van der Waals surface area contributed by atoms with Crippen LogP contribution in [-0.4, -0.2) is 37.2 Å². The van der Waals surface area contributed by atoms with Gasteiger partial charge in [0.15, 0.2) is 0 Å².